The van der Waals surface area contributed by atoms with Crippen molar-refractivity contribution in [2.45, 2.75) is 9.24 Å². The molecule has 16 heavy (non-hydrogen) atoms. The number of amidine groups is 1. The molecular formula is C9H7BrN4S2. The first-order valence-electron chi connectivity index (χ1n) is 4.26. The maximum atomic E-state index is 7.55. The highest BCUT2D eigenvalue weighted by molar-refractivity contribution is 9.10. The summed E-state index contributed by atoms with van der Waals surface area (Å²) in [7, 11) is 0. The van der Waals surface area contributed by atoms with E-state index in [1.54, 1.807) is 0 Å². The Labute approximate surface area is 109 Å². The predicted molar refractivity (Wildman–Crippen MR) is 69.2 cm³/mol. The van der Waals surface area contributed by atoms with Crippen molar-refractivity contribution >= 4 is 45.1 Å². The zero-order chi connectivity index (χ0) is 11.5. The third-order valence-corrected chi connectivity index (χ3v) is 4.22. The minimum atomic E-state index is 0.0412. The van der Waals surface area contributed by atoms with E-state index in [0.29, 0.717) is 5.56 Å². The van der Waals surface area contributed by atoms with Gasteiger partial charge in [-0.15, -0.1) is 0 Å². The van der Waals surface area contributed by atoms with Gasteiger partial charge in [-0.25, -0.2) is 4.98 Å². The van der Waals surface area contributed by atoms with E-state index in [0.717, 1.165) is 13.7 Å². The van der Waals surface area contributed by atoms with Gasteiger partial charge in [0.1, 0.15) is 12.2 Å². The van der Waals surface area contributed by atoms with Crippen molar-refractivity contribution in [3.8, 4) is 0 Å². The highest BCUT2D eigenvalue weighted by Gasteiger charge is 2.11. The summed E-state index contributed by atoms with van der Waals surface area (Å²) in [6.45, 7) is 0. The number of halogens is 1. The molecular weight excluding hydrogens is 308 g/mol. The molecule has 0 atom stereocenters. The Morgan fingerprint density at radius 3 is 2.94 bits per heavy atom. The Kier molecular flexibility index (Phi) is 3.57. The molecule has 0 aliphatic heterocycles. The summed E-state index contributed by atoms with van der Waals surface area (Å²) in [6, 6.07) is 5.67. The zero-order valence-corrected chi connectivity index (χ0v) is 11.2. The average Bonchev–Trinajstić information content (AvgIpc) is 2.70. The zero-order valence-electron chi connectivity index (χ0n) is 7.98. The fourth-order valence-electron chi connectivity index (χ4n) is 1.15. The lowest BCUT2D eigenvalue weighted by Gasteiger charge is -2.07. The Morgan fingerprint density at radius 1 is 1.50 bits per heavy atom. The van der Waals surface area contributed by atoms with Gasteiger partial charge < -0.3 is 5.73 Å². The second-order valence-electron chi connectivity index (χ2n) is 2.84. The molecule has 0 amide bonds. The van der Waals surface area contributed by atoms with E-state index in [-0.39, 0.29) is 5.84 Å². The number of benzene rings is 1. The van der Waals surface area contributed by atoms with Crippen LogP contribution in [0.15, 0.2) is 38.2 Å². The summed E-state index contributed by atoms with van der Waals surface area (Å²) in [5.74, 6) is 0.0412. The van der Waals surface area contributed by atoms with Crippen LogP contribution in [-0.4, -0.2) is 15.2 Å². The minimum absolute atomic E-state index is 0.0412. The molecule has 0 saturated carbocycles. The molecule has 0 spiro atoms. The van der Waals surface area contributed by atoms with Gasteiger partial charge >= 0.3 is 0 Å². The molecule has 7 heteroatoms. The summed E-state index contributed by atoms with van der Waals surface area (Å²) < 4.78 is 5.58. The Morgan fingerprint density at radius 2 is 2.31 bits per heavy atom. The molecule has 0 unspecified atom stereocenters. The van der Waals surface area contributed by atoms with Crippen molar-refractivity contribution in [1.29, 1.82) is 5.41 Å². The van der Waals surface area contributed by atoms with E-state index in [1.165, 1.54) is 29.6 Å². The largest absolute Gasteiger partial charge is 0.384 e. The first kappa shape index (κ1) is 11.6. The molecule has 0 fully saturated rings. The van der Waals surface area contributed by atoms with Crippen LogP contribution in [-0.2, 0) is 0 Å². The maximum Gasteiger partial charge on any atom is 0.174 e. The van der Waals surface area contributed by atoms with E-state index in [4.69, 9.17) is 11.1 Å². The van der Waals surface area contributed by atoms with Gasteiger partial charge in [0.25, 0.3) is 0 Å². The number of rotatable bonds is 3. The molecule has 3 N–H and O–H groups in total. The van der Waals surface area contributed by atoms with Gasteiger partial charge in [-0.05, 0) is 39.6 Å². The summed E-state index contributed by atoms with van der Waals surface area (Å²) >= 11 is 6.16. The fraction of sp³-hybridized carbons (Fsp3) is 0. The monoisotopic (exact) mass is 314 g/mol. The molecule has 0 aliphatic rings. The van der Waals surface area contributed by atoms with Gasteiger partial charge in [0.05, 0.1) is 0 Å². The number of nitrogens with two attached hydrogens (primary N) is 1. The minimum Gasteiger partial charge on any atom is -0.384 e. The van der Waals surface area contributed by atoms with Crippen LogP contribution in [0, 0.1) is 5.41 Å². The molecule has 2 rings (SSSR count). The Balaban J connectivity index is 2.40. The van der Waals surface area contributed by atoms with E-state index in [2.05, 4.69) is 25.3 Å². The van der Waals surface area contributed by atoms with Crippen molar-refractivity contribution < 1.29 is 0 Å². The van der Waals surface area contributed by atoms with E-state index >= 15 is 0 Å². The molecule has 2 aromatic rings. The molecule has 0 bridgehead atoms. The summed E-state index contributed by atoms with van der Waals surface area (Å²) in [5, 5.41) is 7.55. The van der Waals surface area contributed by atoms with Crippen LogP contribution in [0.3, 0.4) is 0 Å². The van der Waals surface area contributed by atoms with Crippen LogP contribution in [0.25, 0.3) is 0 Å². The van der Waals surface area contributed by atoms with Gasteiger partial charge in [0.15, 0.2) is 4.34 Å². The highest BCUT2D eigenvalue weighted by Crippen LogP contribution is 2.33. The molecule has 82 valence electrons. The van der Waals surface area contributed by atoms with Crippen molar-refractivity contribution in [2.75, 3.05) is 0 Å². The number of nitrogens with zero attached hydrogens (tertiary/aromatic N) is 2. The lowest BCUT2D eigenvalue weighted by Crippen LogP contribution is -2.13. The normalized spacial score (nSPS) is 10.3. The molecule has 0 aliphatic carbocycles. The molecule has 0 radical (unpaired) electrons. The van der Waals surface area contributed by atoms with Crippen LogP contribution in [0.1, 0.15) is 5.56 Å². The third kappa shape index (κ3) is 2.42. The number of hydrogen-bond donors (Lipinski definition) is 2. The maximum absolute atomic E-state index is 7.55. The summed E-state index contributed by atoms with van der Waals surface area (Å²) in [4.78, 5) is 4.99. The van der Waals surface area contributed by atoms with Crippen LogP contribution >= 0.6 is 39.2 Å². The number of nitrogen functional groups attached to an aromatic ring is 1. The lowest BCUT2D eigenvalue weighted by molar-refractivity contribution is 1.21. The van der Waals surface area contributed by atoms with Gasteiger partial charge in [-0.3, -0.25) is 5.41 Å². The van der Waals surface area contributed by atoms with Crippen LogP contribution in [0.4, 0.5) is 0 Å². The van der Waals surface area contributed by atoms with Gasteiger partial charge in [0, 0.05) is 14.9 Å². The topological polar surface area (TPSA) is 75.7 Å². The van der Waals surface area contributed by atoms with E-state index in [1.807, 2.05) is 18.2 Å². The lowest BCUT2D eigenvalue weighted by atomic mass is 10.2. The smallest absolute Gasteiger partial charge is 0.174 e. The summed E-state index contributed by atoms with van der Waals surface area (Å²) in [6.07, 6.45) is 1.51. The second kappa shape index (κ2) is 4.94. The molecule has 1 heterocycles. The summed E-state index contributed by atoms with van der Waals surface area (Å²) in [5.41, 5.74) is 6.25. The molecule has 1 aromatic carbocycles. The fourth-order valence-corrected chi connectivity index (χ4v) is 3.45. The quantitative estimate of drug-likeness (QED) is 0.674. The van der Waals surface area contributed by atoms with Gasteiger partial charge in [0.2, 0.25) is 0 Å². The SMILES string of the molecule is N=C(N)c1c(Br)cccc1Sc1ncns1. The van der Waals surface area contributed by atoms with E-state index < -0.39 is 0 Å². The number of aromatic nitrogens is 2. The first-order valence-corrected chi connectivity index (χ1v) is 6.64. The molecule has 1 aromatic heterocycles. The standard InChI is InChI=1S/C9H7BrN4S2/c10-5-2-1-3-6(7(5)8(11)12)15-9-13-4-14-16-9/h1-4H,(H3,11,12). The Hall–Kier alpha value is -0.920. The van der Waals surface area contributed by atoms with Gasteiger partial charge in [-0.2, -0.15) is 4.37 Å². The molecule has 4 nitrogen and oxygen atoms in total. The van der Waals surface area contributed by atoms with Gasteiger partial charge in [-0.1, -0.05) is 17.8 Å². The van der Waals surface area contributed by atoms with Crippen LogP contribution in [0.5, 0.6) is 0 Å². The Bertz CT molecular complexity index is 512. The number of nitrogens with one attached hydrogen (secondary N) is 1. The predicted octanol–water partition coefficient (Wildman–Crippen LogP) is 2.74. The number of hydrogen-bond acceptors (Lipinski definition) is 5. The van der Waals surface area contributed by atoms with Crippen molar-refractivity contribution in [3.63, 3.8) is 0 Å². The highest BCUT2D eigenvalue weighted by atomic mass is 79.9. The van der Waals surface area contributed by atoms with Crippen molar-refractivity contribution in [3.05, 3.63) is 34.6 Å². The van der Waals surface area contributed by atoms with Crippen molar-refractivity contribution in [2.24, 2.45) is 5.73 Å². The third-order valence-electron chi connectivity index (χ3n) is 1.78. The molecule has 0 saturated heterocycles. The van der Waals surface area contributed by atoms with Crippen LogP contribution in [0.2, 0.25) is 0 Å². The van der Waals surface area contributed by atoms with E-state index in [9.17, 15) is 0 Å². The van der Waals surface area contributed by atoms with Crippen LogP contribution < -0.4 is 5.73 Å². The average molecular weight is 315 g/mol. The van der Waals surface area contributed by atoms with Crippen molar-refractivity contribution in [1.82, 2.24) is 9.36 Å². The second-order valence-corrected chi connectivity index (χ2v) is 5.76. The first-order chi connectivity index (χ1) is 7.68.